The molecule has 2 rings (SSSR count). The van der Waals surface area contributed by atoms with Crippen LogP contribution >= 0.6 is 31.9 Å². The molecular weight excluding hydrogens is 416 g/mol. The van der Waals surface area contributed by atoms with E-state index in [0.29, 0.717) is 0 Å². The number of hydrogen-bond acceptors (Lipinski definition) is 5. The van der Waals surface area contributed by atoms with Crippen LogP contribution < -0.4 is 4.72 Å². The van der Waals surface area contributed by atoms with Gasteiger partial charge in [0, 0.05) is 16.7 Å². The van der Waals surface area contributed by atoms with Crippen molar-refractivity contribution in [2.45, 2.75) is 18.4 Å². The molecule has 6 nitrogen and oxygen atoms in total. The van der Waals surface area contributed by atoms with Crippen LogP contribution in [-0.2, 0) is 16.6 Å². The molecule has 0 saturated heterocycles. The summed E-state index contributed by atoms with van der Waals surface area (Å²) in [4.78, 5) is 3.88. The topological polar surface area (TPSA) is 92.4 Å². The average molecular weight is 426 g/mol. The standard InChI is InChI=1S/C11H10Br2N2O4S/c1-6-2-10(14-4-8(6)12)15-20(17,18)9-3-7(5-16)19-11(9)13/h2-4,16H,5H2,1H3,(H,14,15). The van der Waals surface area contributed by atoms with Gasteiger partial charge in [-0.05, 0) is 50.4 Å². The van der Waals surface area contributed by atoms with E-state index in [1.807, 2.05) is 6.92 Å². The lowest BCUT2D eigenvalue weighted by Crippen LogP contribution is -2.13. The van der Waals surface area contributed by atoms with Crippen molar-refractivity contribution in [2.75, 3.05) is 4.72 Å². The molecule has 0 aliphatic heterocycles. The van der Waals surface area contributed by atoms with E-state index in [1.165, 1.54) is 12.3 Å². The summed E-state index contributed by atoms with van der Waals surface area (Å²) in [5, 5.41) is 8.95. The number of nitrogens with zero attached hydrogens (tertiary/aromatic N) is 1. The third-order valence-electron chi connectivity index (χ3n) is 2.44. The Kier molecular flexibility index (Phi) is 4.52. The fraction of sp³-hybridized carbons (Fsp3) is 0.182. The quantitative estimate of drug-likeness (QED) is 0.785. The van der Waals surface area contributed by atoms with E-state index in [9.17, 15) is 8.42 Å². The summed E-state index contributed by atoms with van der Waals surface area (Å²) in [5.41, 5.74) is 0.847. The molecule has 0 fully saturated rings. The second-order valence-electron chi connectivity index (χ2n) is 3.93. The molecule has 20 heavy (non-hydrogen) atoms. The van der Waals surface area contributed by atoms with Gasteiger partial charge in [-0.3, -0.25) is 4.72 Å². The molecule has 0 aliphatic rings. The first-order chi connectivity index (χ1) is 9.33. The molecule has 0 bridgehead atoms. The highest BCUT2D eigenvalue weighted by atomic mass is 79.9. The molecule has 2 heterocycles. The average Bonchev–Trinajstić information content (AvgIpc) is 2.76. The molecule has 2 N–H and O–H groups in total. The minimum Gasteiger partial charge on any atom is -0.450 e. The Labute approximate surface area is 132 Å². The van der Waals surface area contributed by atoms with Gasteiger partial charge in [-0.2, -0.15) is 0 Å². The molecule has 0 spiro atoms. The first-order valence-electron chi connectivity index (χ1n) is 5.37. The van der Waals surface area contributed by atoms with Crippen molar-refractivity contribution in [1.82, 2.24) is 4.98 Å². The Balaban J connectivity index is 2.35. The van der Waals surface area contributed by atoms with Crippen LogP contribution in [0.3, 0.4) is 0 Å². The molecule has 0 saturated carbocycles. The third-order valence-corrected chi connectivity index (χ3v) is 5.48. The van der Waals surface area contributed by atoms with Crippen LogP contribution in [0.15, 0.2) is 36.8 Å². The zero-order chi connectivity index (χ0) is 14.9. The molecule has 2 aromatic heterocycles. The maximum Gasteiger partial charge on any atom is 0.267 e. The molecule has 9 heteroatoms. The van der Waals surface area contributed by atoms with Crippen LogP contribution in [0.2, 0.25) is 0 Å². The van der Waals surface area contributed by atoms with Gasteiger partial charge in [0.15, 0.2) is 4.67 Å². The molecule has 0 amide bonds. The number of pyridine rings is 1. The summed E-state index contributed by atoms with van der Waals surface area (Å²) < 4.78 is 32.6. The number of nitrogens with one attached hydrogen (secondary N) is 1. The number of aliphatic hydroxyl groups is 1. The normalized spacial score (nSPS) is 11.6. The Bertz CT molecular complexity index is 743. The van der Waals surface area contributed by atoms with Crippen LogP contribution in [0.5, 0.6) is 0 Å². The van der Waals surface area contributed by atoms with Crippen molar-refractivity contribution in [3.8, 4) is 0 Å². The second-order valence-corrected chi connectivity index (χ2v) is 7.16. The largest absolute Gasteiger partial charge is 0.450 e. The highest BCUT2D eigenvalue weighted by molar-refractivity contribution is 9.10. The lowest BCUT2D eigenvalue weighted by molar-refractivity contribution is 0.245. The van der Waals surface area contributed by atoms with E-state index in [4.69, 9.17) is 9.52 Å². The van der Waals surface area contributed by atoms with E-state index in [0.717, 1.165) is 10.0 Å². The van der Waals surface area contributed by atoms with E-state index < -0.39 is 10.0 Å². The summed E-state index contributed by atoms with van der Waals surface area (Å²) in [5.74, 6) is 0.349. The Morgan fingerprint density at radius 3 is 2.65 bits per heavy atom. The molecule has 0 atom stereocenters. The van der Waals surface area contributed by atoms with Gasteiger partial charge in [0.05, 0.1) is 0 Å². The summed E-state index contributed by atoms with van der Waals surface area (Å²) in [6, 6.07) is 2.85. The molecule has 0 aromatic carbocycles. The molecule has 0 aliphatic carbocycles. The Hall–Kier alpha value is -0.900. The summed E-state index contributed by atoms with van der Waals surface area (Å²) in [7, 11) is -3.84. The number of halogens is 2. The SMILES string of the molecule is Cc1cc(NS(=O)(=O)c2cc(CO)oc2Br)ncc1Br. The number of furan rings is 1. The zero-order valence-electron chi connectivity index (χ0n) is 10.2. The first kappa shape index (κ1) is 15.5. The lowest BCUT2D eigenvalue weighted by atomic mass is 10.3. The molecule has 0 radical (unpaired) electrons. The monoisotopic (exact) mass is 424 g/mol. The van der Waals surface area contributed by atoms with Crippen molar-refractivity contribution >= 4 is 47.7 Å². The molecule has 2 aromatic rings. The third kappa shape index (κ3) is 3.22. The number of aliphatic hydroxyl groups excluding tert-OH is 1. The van der Waals surface area contributed by atoms with Crippen molar-refractivity contribution in [2.24, 2.45) is 0 Å². The predicted molar refractivity (Wildman–Crippen MR) is 79.8 cm³/mol. The van der Waals surface area contributed by atoms with Gasteiger partial charge in [0.25, 0.3) is 10.0 Å². The van der Waals surface area contributed by atoms with Crippen LogP contribution in [0.1, 0.15) is 11.3 Å². The number of aryl methyl sites for hydroxylation is 1. The number of aromatic nitrogens is 1. The zero-order valence-corrected chi connectivity index (χ0v) is 14.2. The summed E-state index contributed by atoms with van der Waals surface area (Å²) in [6.07, 6.45) is 1.51. The van der Waals surface area contributed by atoms with Gasteiger partial charge in [0.2, 0.25) is 0 Å². The van der Waals surface area contributed by atoms with E-state index in [-0.39, 0.29) is 27.7 Å². The van der Waals surface area contributed by atoms with Gasteiger partial charge in [-0.15, -0.1) is 0 Å². The number of anilines is 1. The van der Waals surface area contributed by atoms with Crippen LogP contribution in [0.25, 0.3) is 0 Å². The second kappa shape index (κ2) is 5.84. The number of hydrogen-bond donors (Lipinski definition) is 2. The minimum atomic E-state index is -3.84. The van der Waals surface area contributed by atoms with Crippen molar-refractivity contribution in [3.05, 3.63) is 38.8 Å². The minimum absolute atomic E-state index is 0.0304. The lowest BCUT2D eigenvalue weighted by Gasteiger charge is -2.07. The van der Waals surface area contributed by atoms with Gasteiger partial charge >= 0.3 is 0 Å². The van der Waals surface area contributed by atoms with Gasteiger partial charge in [0.1, 0.15) is 23.1 Å². The molecule has 0 unspecified atom stereocenters. The maximum absolute atomic E-state index is 12.2. The van der Waals surface area contributed by atoms with Crippen molar-refractivity contribution in [1.29, 1.82) is 0 Å². The van der Waals surface area contributed by atoms with Crippen molar-refractivity contribution in [3.63, 3.8) is 0 Å². The number of sulfonamides is 1. The predicted octanol–water partition coefficient (Wildman–Crippen LogP) is 2.80. The fourth-order valence-electron chi connectivity index (χ4n) is 1.45. The van der Waals surface area contributed by atoms with Crippen molar-refractivity contribution < 1.29 is 17.9 Å². The van der Waals surface area contributed by atoms with Gasteiger partial charge in [-0.1, -0.05) is 0 Å². The van der Waals surface area contributed by atoms with E-state index in [2.05, 4.69) is 41.6 Å². The van der Waals surface area contributed by atoms with E-state index >= 15 is 0 Å². The van der Waals surface area contributed by atoms with Crippen LogP contribution in [0.4, 0.5) is 5.82 Å². The highest BCUT2D eigenvalue weighted by Crippen LogP contribution is 2.28. The first-order valence-corrected chi connectivity index (χ1v) is 8.44. The van der Waals surface area contributed by atoms with Crippen LogP contribution in [-0.4, -0.2) is 18.5 Å². The van der Waals surface area contributed by atoms with Gasteiger partial charge < -0.3 is 9.52 Å². The smallest absolute Gasteiger partial charge is 0.267 e. The fourth-order valence-corrected chi connectivity index (χ4v) is 3.66. The van der Waals surface area contributed by atoms with E-state index in [1.54, 1.807) is 6.07 Å². The summed E-state index contributed by atoms with van der Waals surface area (Å²) in [6.45, 7) is 1.44. The van der Waals surface area contributed by atoms with Crippen LogP contribution in [0, 0.1) is 6.92 Å². The Morgan fingerprint density at radius 1 is 1.40 bits per heavy atom. The Morgan fingerprint density at radius 2 is 2.10 bits per heavy atom. The highest BCUT2D eigenvalue weighted by Gasteiger charge is 2.23. The molecular formula is C11H10Br2N2O4S. The maximum atomic E-state index is 12.2. The number of rotatable bonds is 4. The van der Waals surface area contributed by atoms with Gasteiger partial charge in [-0.25, -0.2) is 13.4 Å². The summed E-state index contributed by atoms with van der Waals surface area (Å²) >= 11 is 6.30. The molecule has 108 valence electrons.